The van der Waals surface area contributed by atoms with Crippen molar-refractivity contribution in [2.45, 2.75) is 0 Å². The minimum absolute atomic E-state index is 0.420. The number of aromatic nitrogens is 4. The number of para-hydroxylation sites is 1. The summed E-state index contributed by atoms with van der Waals surface area (Å²) in [5.41, 5.74) is 1.85. The van der Waals surface area contributed by atoms with Gasteiger partial charge in [0, 0.05) is 29.7 Å². The Kier molecular flexibility index (Phi) is 4.93. The molecule has 3 aromatic rings. The monoisotopic (exact) mass is 337 g/mol. The number of H-pyrrole nitrogens is 1. The second-order valence-corrected chi connectivity index (χ2v) is 5.15. The summed E-state index contributed by atoms with van der Waals surface area (Å²) in [4.78, 5) is 4.00. The summed E-state index contributed by atoms with van der Waals surface area (Å²) in [6.45, 7) is 0. The van der Waals surface area contributed by atoms with Crippen molar-refractivity contribution in [2.75, 3.05) is 7.11 Å². The lowest BCUT2D eigenvalue weighted by Gasteiger charge is -2.02. The number of hydrogen-bond donors (Lipinski definition) is 1. The van der Waals surface area contributed by atoms with Crippen molar-refractivity contribution in [3.8, 4) is 17.1 Å². The van der Waals surface area contributed by atoms with Gasteiger partial charge in [0.05, 0.1) is 7.11 Å². The Morgan fingerprint density at radius 3 is 2.79 bits per heavy atom. The summed E-state index contributed by atoms with van der Waals surface area (Å²) in [5, 5.41) is 11.3. The van der Waals surface area contributed by atoms with Crippen LogP contribution in [-0.4, -0.2) is 33.2 Å². The largest absolute Gasteiger partial charge is 0.496 e. The van der Waals surface area contributed by atoms with Gasteiger partial charge in [0.25, 0.3) is 0 Å². The standard InChI is InChI=1S/C17H15N5OS/c1-23-15-7-3-2-5-13(15)6-4-10-19-22-16(20-21-17(22)24)14-8-11-18-12-9-14/h2-12H,1H3,(H,21,24)/b6-4+,19-10+. The zero-order valence-electron chi connectivity index (χ0n) is 13.0. The molecule has 0 saturated heterocycles. The van der Waals surface area contributed by atoms with Gasteiger partial charge in [-0.1, -0.05) is 18.2 Å². The van der Waals surface area contributed by atoms with Crippen LogP contribution in [0.4, 0.5) is 0 Å². The molecule has 1 aromatic carbocycles. The minimum atomic E-state index is 0.420. The van der Waals surface area contributed by atoms with Crippen LogP contribution >= 0.6 is 12.2 Å². The van der Waals surface area contributed by atoms with E-state index in [-0.39, 0.29) is 0 Å². The van der Waals surface area contributed by atoms with Crippen molar-refractivity contribution >= 4 is 24.5 Å². The Labute approximate surface area is 144 Å². The van der Waals surface area contributed by atoms with E-state index in [9.17, 15) is 0 Å². The van der Waals surface area contributed by atoms with Gasteiger partial charge in [-0.2, -0.15) is 14.9 Å². The third kappa shape index (κ3) is 3.47. The molecule has 0 unspecified atom stereocenters. The molecule has 6 nitrogen and oxygen atoms in total. The minimum Gasteiger partial charge on any atom is -0.496 e. The zero-order chi connectivity index (χ0) is 16.8. The van der Waals surface area contributed by atoms with Gasteiger partial charge in [-0.25, -0.2) is 5.10 Å². The number of rotatable bonds is 5. The average molecular weight is 337 g/mol. The molecule has 0 atom stereocenters. The topological polar surface area (TPSA) is 68.1 Å². The van der Waals surface area contributed by atoms with Crippen LogP contribution in [0.1, 0.15) is 5.56 Å². The number of benzene rings is 1. The number of nitrogens with zero attached hydrogens (tertiary/aromatic N) is 4. The molecule has 0 spiro atoms. The van der Waals surface area contributed by atoms with Gasteiger partial charge >= 0.3 is 0 Å². The van der Waals surface area contributed by atoms with Crippen LogP contribution < -0.4 is 4.74 Å². The first-order valence-corrected chi connectivity index (χ1v) is 7.62. The van der Waals surface area contributed by atoms with Crippen LogP contribution in [-0.2, 0) is 0 Å². The number of methoxy groups -OCH3 is 1. The summed E-state index contributed by atoms with van der Waals surface area (Å²) < 4.78 is 7.29. The van der Waals surface area contributed by atoms with Crippen molar-refractivity contribution in [1.82, 2.24) is 19.9 Å². The first-order chi connectivity index (χ1) is 11.8. The molecule has 0 bridgehead atoms. The number of allylic oxidation sites excluding steroid dienone is 1. The number of pyridine rings is 1. The molecule has 2 aromatic heterocycles. The molecular formula is C17H15N5OS. The third-order valence-corrected chi connectivity index (χ3v) is 3.54. The maximum Gasteiger partial charge on any atom is 0.216 e. The maximum atomic E-state index is 5.31. The molecule has 0 saturated carbocycles. The summed E-state index contributed by atoms with van der Waals surface area (Å²) in [7, 11) is 1.65. The van der Waals surface area contributed by atoms with Gasteiger partial charge in [0.1, 0.15) is 5.75 Å². The number of nitrogens with one attached hydrogen (secondary N) is 1. The molecule has 3 rings (SSSR count). The van der Waals surface area contributed by atoms with E-state index in [4.69, 9.17) is 17.0 Å². The van der Waals surface area contributed by atoms with E-state index in [1.807, 2.05) is 48.6 Å². The lowest BCUT2D eigenvalue weighted by molar-refractivity contribution is 0.414. The SMILES string of the molecule is COc1ccccc1/C=C/C=N/n1c(-c2ccncc2)n[nH]c1=S. The molecule has 2 heterocycles. The van der Waals surface area contributed by atoms with Gasteiger partial charge in [-0.05, 0) is 42.6 Å². The number of hydrogen-bond acceptors (Lipinski definition) is 5. The van der Waals surface area contributed by atoms with Crippen LogP contribution in [0.5, 0.6) is 5.75 Å². The third-order valence-electron chi connectivity index (χ3n) is 3.27. The highest BCUT2D eigenvalue weighted by Crippen LogP contribution is 2.18. The Morgan fingerprint density at radius 1 is 1.21 bits per heavy atom. The Balaban J connectivity index is 1.84. The lowest BCUT2D eigenvalue weighted by atomic mass is 10.2. The van der Waals surface area contributed by atoms with E-state index in [1.165, 1.54) is 0 Å². The molecular weight excluding hydrogens is 322 g/mol. The molecule has 0 amide bonds. The van der Waals surface area contributed by atoms with Gasteiger partial charge in [-0.3, -0.25) is 4.98 Å². The molecule has 0 aliphatic rings. The van der Waals surface area contributed by atoms with Crippen LogP contribution in [0, 0.1) is 4.77 Å². The molecule has 7 heteroatoms. The first-order valence-electron chi connectivity index (χ1n) is 7.21. The molecule has 0 aliphatic heterocycles. The van der Waals surface area contributed by atoms with E-state index in [0.29, 0.717) is 10.6 Å². The molecule has 1 N–H and O–H groups in total. The zero-order valence-corrected chi connectivity index (χ0v) is 13.8. The maximum absolute atomic E-state index is 5.31. The summed E-state index contributed by atoms with van der Waals surface area (Å²) in [5.74, 6) is 1.43. The predicted octanol–water partition coefficient (Wildman–Crippen LogP) is 3.56. The van der Waals surface area contributed by atoms with Gasteiger partial charge < -0.3 is 4.74 Å². The molecule has 120 valence electrons. The van der Waals surface area contributed by atoms with E-state index < -0.39 is 0 Å². The van der Waals surface area contributed by atoms with E-state index in [1.54, 1.807) is 30.4 Å². The summed E-state index contributed by atoms with van der Waals surface area (Å²) in [6.07, 6.45) is 8.79. The van der Waals surface area contributed by atoms with Gasteiger partial charge in [-0.15, -0.1) is 0 Å². The normalized spacial score (nSPS) is 11.4. The Morgan fingerprint density at radius 2 is 2.00 bits per heavy atom. The highest BCUT2D eigenvalue weighted by atomic mass is 32.1. The van der Waals surface area contributed by atoms with Crippen LogP contribution in [0.15, 0.2) is 60.0 Å². The first kappa shape index (κ1) is 15.8. The molecule has 0 fully saturated rings. The van der Waals surface area contributed by atoms with Crippen molar-refractivity contribution in [2.24, 2.45) is 5.10 Å². The number of aromatic amines is 1. The van der Waals surface area contributed by atoms with E-state index in [2.05, 4.69) is 20.3 Å². The van der Waals surface area contributed by atoms with Gasteiger partial charge in [0.15, 0.2) is 5.82 Å². The predicted molar refractivity (Wildman–Crippen MR) is 96.6 cm³/mol. The smallest absolute Gasteiger partial charge is 0.216 e. The highest BCUT2D eigenvalue weighted by Gasteiger charge is 2.06. The highest BCUT2D eigenvalue weighted by molar-refractivity contribution is 7.71. The van der Waals surface area contributed by atoms with Gasteiger partial charge in [0.2, 0.25) is 4.77 Å². The van der Waals surface area contributed by atoms with E-state index in [0.717, 1.165) is 16.9 Å². The molecule has 0 radical (unpaired) electrons. The van der Waals surface area contributed by atoms with E-state index >= 15 is 0 Å². The average Bonchev–Trinajstić information content (AvgIpc) is 3.00. The van der Waals surface area contributed by atoms with Crippen molar-refractivity contribution < 1.29 is 4.74 Å². The Hall–Kier alpha value is -3.06. The van der Waals surface area contributed by atoms with Crippen LogP contribution in [0.3, 0.4) is 0 Å². The quantitative estimate of drug-likeness (QED) is 0.571. The van der Waals surface area contributed by atoms with Crippen molar-refractivity contribution in [1.29, 1.82) is 0 Å². The van der Waals surface area contributed by atoms with Crippen LogP contribution in [0.25, 0.3) is 17.5 Å². The summed E-state index contributed by atoms with van der Waals surface area (Å²) >= 11 is 5.23. The van der Waals surface area contributed by atoms with Crippen LogP contribution in [0.2, 0.25) is 0 Å². The molecule has 24 heavy (non-hydrogen) atoms. The lowest BCUT2D eigenvalue weighted by Crippen LogP contribution is -1.93. The fourth-order valence-electron chi connectivity index (χ4n) is 2.14. The fraction of sp³-hybridized carbons (Fsp3) is 0.0588. The fourth-order valence-corrected chi connectivity index (χ4v) is 2.32. The second-order valence-electron chi connectivity index (χ2n) is 4.77. The Bertz CT molecular complexity index is 927. The second kappa shape index (κ2) is 7.47. The molecule has 0 aliphatic carbocycles. The van der Waals surface area contributed by atoms with Crippen molar-refractivity contribution in [3.05, 3.63) is 65.2 Å². The summed E-state index contributed by atoms with van der Waals surface area (Å²) in [6, 6.07) is 11.5. The number of ether oxygens (including phenoxy) is 1. The van der Waals surface area contributed by atoms with Crippen molar-refractivity contribution in [3.63, 3.8) is 0 Å².